The van der Waals surface area contributed by atoms with Crippen molar-refractivity contribution in [3.63, 3.8) is 0 Å². The fourth-order valence-corrected chi connectivity index (χ4v) is 5.22. The summed E-state index contributed by atoms with van der Waals surface area (Å²) in [5, 5.41) is 13.4. The summed E-state index contributed by atoms with van der Waals surface area (Å²) < 4.78 is 43.8. The highest BCUT2D eigenvalue weighted by Gasteiger charge is 2.32. The normalized spacial score (nSPS) is 13.0. The van der Waals surface area contributed by atoms with E-state index in [-0.39, 0.29) is 0 Å². The maximum atomic E-state index is 14.0. The predicted octanol–water partition coefficient (Wildman–Crippen LogP) is 7.03. The molecule has 0 unspecified atom stereocenters. The molecule has 0 bridgehead atoms. The molecule has 3 aromatic carbocycles. The molecule has 3 nitrogen and oxygen atoms in total. The van der Waals surface area contributed by atoms with Crippen LogP contribution in [-0.2, 0) is 6.18 Å². The van der Waals surface area contributed by atoms with Crippen molar-refractivity contribution in [3.8, 4) is 0 Å². The van der Waals surface area contributed by atoms with Gasteiger partial charge in [-0.25, -0.2) is 0 Å². The number of alkyl halides is 3. The molecule has 0 atom stereocenters. The first-order chi connectivity index (χ1) is 14.6. The highest BCUT2D eigenvalue weighted by molar-refractivity contribution is 6.25. The maximum absolute atomic E-state index is 14.0. The lowest BCUT2D eigenvalue weighted by Gasteiger charge is -2.18. The molecule has 0 aliphatic heterocycles. The van der Waals surface area contributed by atoms with E-state index in [4.69, 9.17) is 0 Å². The summed E-state index contributed by atoms with van der Waals surface area (Å²) in [5.74, 6) is 0. The van der Waals surface area contributed by atoms with Crippen LogP contribution in [0.3, 0.4) is 0 Å². The van der Waals surface area contributed by atoms with Crippen molar-refractivity contribution < 1.29 is 13.2 Å². The summed E-state index contributed by atoms with van der Waals surface area (Å²) in [4.78, 5) is 0. The molecule has 0 aliphatic rings. The SMILES string of the molecule is Cc1cc(C)c2c(c1)c1cc(C(F)(F)F)cc3c4cc(C)cc(C)c4c4nnc2n4c13. The van der Waals surface area contributed by atoms with Crippen LogP contribution in [0.15, 0.2) is 36.4 Å². The molecular formula is C25H18F3N3. The van der Waals surface area contributed by atoms with Crippen molar-refractivity contribution in [2.75, 3.05) is 0 Å². The average molecular weight is 417 g/mol. The Kier molecular flexibility index (Phi) is 3.34. The number of fused-ring (bicyclic) bond motifs is 6. The fraction of sp³-hybridized carbons (Fsp3) is 0.200. The third-order valence-corrected chi connectivity index (χ3v) is 6.31. The van der Waals surface area contributed by atoms with Crippen molar-refractivity contribution in [2.24, 2.45) is 0 Å². The Morgan fingerprint density at radius 3 is 1.52 bits per heavy atom. The van der Waals surface area contributed by atoms with Gasteiger partial charge in [-0.1, -0.05) is 35.4 Å². The molecule has 0 saturated carbocycles. The van der Waals surface area contributed by atoms with E-state index in [0.29, 0.717) is 22.1 Å². The number of aromatic nitrogens is 3. The van der Waals surface area contributed by atoms with Gasteiger partial charge in [0.15, 0.2) is 11.3 Å². The first-order valence-corrected chi connectivity index (χ1v) is 10.1. The van der Waals surface area contributed by atoms with Gasteiger partial charge in [0.1, 0.15) is 0 Å². The van der Waals surface area contributed by atoms with Crippen molar-refractivity contribution in [3.05, 3.63) is 64.2 Å². The second-order valence-corrected chi connectivity index (χ2v) is 8.61. The van der Waals surface area contributed by atoms with Crippen molar-refractivity contribution >= 4 is 49.1 Å². The van der Waals surface area contributed by atoms with E-state index in [9.17, 15) is 13.2 Å². The minimum Gasteiger partial charge on any atom is -0.274 e. The number of rotatable bonds is 0. The molecule has 6 aromatic rings. The zero-order chi connectivity index (χ0) is 21.8. The van der Waals surface area contributed by atoms with Gasteiger partial charge in [-0.15, -0.1) is 10.2 Å². The largest absolute Gasteiger partial charge is 0.416 e. The quantitative estimate of drug-likeness (QED) is 0.196. The summed E-state index contributed by atoms with van der Waals surface area (Å²) in [6.07, 6.45) is -4.45. The van der Waals surface area contributed by atoms with Gasteiger partial charge in [0.05, 0.1) is 11.1 Å². The Bertz CT molecular complexity index is 1590. The van der Waals surface area contributed by atoms with Crippen LogP contribution in [0.25, 0.3) is 49.1 Å². The van der Waals surface area contributed by atoms with Gasteiger partial charge in [0.2, 0.25) is 0 Å². The Balaban J connectivity index is 2.06. The molecule has 0 fully saturated rings. The maximum Gasteiger partial charge on any atom is 0.416 e. The Morgan fingerprint density at radius 2 is 1.10 bits per heavy atom. The van der Waals surface area contributed by atoms with E-state index in [1.807, 2.05) is 56.4 Å². The average Bonchev–Trinajstić information content (AvgIpc) is 3.10. The summed E-state index contributed by atoms with van der Waals surface area (Å²) >= 11 is 0. The molecule has 0 saturated heterocycles. The number of halogens is 3. The van der Waals surface area contributed by atoms with Gasteiger partial charge in [0.25, 0.3) is 0 Å². The molecule has 31 heavy (non-hydrogen) atoms. The van der Waals surface area contributed by atoms with Crippen LogP contribution < -0.4 is 0 Å². The lowest BCUT2D eigenvalue weighted by atomic mass is 9.93. The van der Waals surface area contributed by atoms with Crippen LogP contribution in [0.4, 0.5) is 13.2 Å². The van der Waals surface area contributed by atoms with Crippen LogP contribution in [-0.4, -0.2) is 14.6 Å². The lowest BCUT2D eigenvalue weighted by Crippen LogP contribution is -2.06. The molecule has 6 rings (SSSR count). The molecule has 0 spiro atoms. The van der Waals surface area contributed by atoms with Crippen LogP contribution >= 0.6 is 0 Å². The van der Waals surface area contributed by atoms with Crippen molar-refractivity contribution in [1.29, 1.82) is 0 Å². The molecule has 154 valence electrons. The second-order valence-electron chi connectivity index (χ2n) is 8.61. The van der Waals surface area contributed by atoms with E-state index in [2.05, 4.69) is 10.2 Å². The van der Waals surface area contributed by atoms with Crippen LogP contribution in [0.1, 0.15) is 27.8 Å². The fourth-order valence-electron chi connectivity index (χ4n) is 5.22. The predicted molar refractivity (Wildman–Crippen MR) is 118 cm³/mol. The van der Waals surface area contributed by atoms with Crippen LogP contribution in [0.2, 0.25) is 0 Å². The molecule has 3 aromatic heterocycles. The molecular weight excluding hydrogens is 399 g/mol. The van der Waals surface area contributed by atoms with Crippen LogP contribution in [0.5, 0.6) is 0 Å². The Hall–Kier alpha value is -3.41. The third kappa shape index (κ3) is 2.30. The molecule has 0 radical (unpaired) electrons. The Morgan fingerprint density at radius 1 is 0.645 bits per heavy atom. The van der Waals surface area contributed by atoms with Gasteiger partial charge in [-0.05, 0) is 61.7 Å². The minimum atomic E-state index is -4.45. The zero-order valence-corrected chi connectivity index (χ0v) is 17.4. The zero-order valence-electron chi connectivity index (χ0n) is 17.4. The first-order valence-electron chi connectivity index (χ1n) is 10.1. The van der Waals surface area contributed by atoms with E-state index in [1.54, 1.807) is 0 Å². The van der Waals surface area contributed by atoms with E-state index >= 15 is 0 Å². The number of pyridine rings is 2. The van der Waals surface area contributed by atoms with E-state index in [0.717, 1.165) is 49.3 Å². The number of hydrogen-bond acceptors (Lipinski definition) is 2. The number of aryl methyl sites for hydroxylation is 4. The molecule has 6 heteroatoms. The van der Waals surface area contributed by atoms with Crippen molar-refractivity contribution in [2.45, 2.75) is 33.9 Å². The van der Waals surface area contributed by atoms with Gasteiger partial charge >= 0.3 is 6.18 Å². The third-order valence-electron chi connectivity index (χ3n) is 6.31. The van der Waals surface area contributed by atoms with E-state index in [1.165, 1.54) is 12.1 Å². The van der Waals surface area contributed by atoms with Gasteiger partial charge in [0, 0.05) is 21.5 Å². The lowest BCUT2D eigenvalue weighted by molar-refractivity contribution is -0.137. The topological polar surface area (TPSA) is 30.2 Å². The number of hydrogen-bond donors (Lipinski definition) is 0. The molecule has 0 aliphatic carbocycles. The highest BCUT2D eigenvalue weighted by atomic mass is 19.4. The van der Waals surface area contributed by atoms with E-state index < -0.39 is 11.7 Å². The van der Waals surface area contributed by atoms with Gasteiger partial charge < -0.3 is 0 Å². The minimum absolute atomic E-state index is 0.574. The molecule has 3 heterocycles. The standard InChI is InChI=1S/C25H18F3N3/c1-11-5-13(3)20-16(7-11)18-9-15(25(26,27)28)10-19-17-8-12(2)6-14(4)21(17)24-30-29-23(20)31(24)22(18)19/h5-10H,1-4H3. The number of nitrogens with zero attached hydrogens (tertiary/aromatic N) is 3. The molecule has 0 N–H and O–H groups in total. The van der Waals surface area contributed by atoms with Crippen LogP contribution in [0, 0.1) is 27.7 Å². The van der Waals surface area contributed by atoms with Gasteiger partial charge in [-0.2, -0.15) is 13.2 Å². The van der Waals surface area contributed by atoms with Gasteiger partial charge in [-0.3, -0.25) is 4.40 Å². The first kappa shape index (κ1) is 18.4. The summed E-state index contributed by atoms with van der Waals surface area (Å²) in [7, 11) is 0. The highest BCUT2D eigenvalue weighted by Crippen LogP contribution is 2.43. The monoisotopic (exact) mass is 417 g/mol. The second kappa shape index (κ2) is 5.63. The summed E-state index contributed by atoms with van der Waals surface area (Å²) in [5.41, 5.74) is 5.40. The van der Waals surface area contributed by atoms with Crippen molar-refractivity contribution in [1.82, 2.24) is 14.6 Å². The Labute approximate surface area is 175 Å². The number of benzene rings is 3. The molecule has 0 amide bonds. The summed E-state index contributed by atoms with van der Waals surface area (Å²) in [6.45, 7) is 7.86. The summed E-state index contributed by atoms with van der Waals surface area (Å²) in [6, 6.07) is 10.5. The smallest absolute Gasteiger partial charge is 0.274 e.